The molecule has 0 aliphatic carbocycles. The van der Waals surface area contributed by atoms with Crippen molar-refractivity contribution in [3.05, 3.63) is 18.0 Å². The molecule has 0 radical (unpaired) electrons. The second-order valence-electron chi connectivity index (χ2n) is 3.83. The van der Waals surface area contributed by atoms with Crippen LogP contribution in [0.5, 0.6) is 0 Å². The smallest absolute Gasteiger partial charge is 0.237 e. The lowest BCUT2D eigenvalue weighted by Crippen LogP contribution is -2.46. The van der Waals surface area contributed by atoms with Crippen LogP contribution in [0.3, 0.4) is 0 Å². The van der Waals surface area contributed by atoms with Gasteiger partial charge in [-0.15, -0.1) is 0 Å². The summed E-state index contributed by atoms with van der Waals surface area (Å²) in [7, 11) is 0. The van der Waals surface area contributed by atoms with Crippen molar-refractivity contribution in [2.45, 2.75) is 31.8 Å². The maximum Gasteiger partial charge on any atom is 0.237 e. The molecular formula is C10H16N4O. The fourth-order valence-electron chi connectivity index (χ4n) is 1.76. The van der Waals surface area contributed by atoms with Gasteiger partial charge in [-0.05, 0) is 19.4 Å². The predicted octanol–water partition coefficient (Wildman–Crippen LogP) is 0.168. The van der Waals surface area contributed by atoms with Gasteiger partial charge in [0, 0.05) is 18.3 Å². The Balaban J connectivity index is 1.76. The Labute approximate surface area is 88.6 Å². The van der Waals surface area contributed by atoms with Crippen LogP contribution in [0.15, 0.2) is 12.4 Å². The minimum Gasteiger partial charge on any atom is -0.351 e. The molecule has 15 heavy (non-hydrogen) atoms. The minimum atomic E-state index is -0.00866. The number of hydrogen-bond donors (Lipinski definition) is 3. The molecule has 0 bridgehead atoms. The number of nitrogens with zero attached hydrogens (tertiary/aromatic N) is 1. The third kappa shape index (κ3) is 2.79. The molecule has 1 aromatic heterocycles. The van der Waals surface area contributed by atoms with Crippen molar-refractivity contribution < 1.29 is 4.79 Å². The van der Waals surface area contributed by atoms with Crippen LogP contribution in [-0.2, 0) is 11.3 Å². The van der Waals surface area contributed by atoms with E-state index in [1.54, 1.807) is 12.4 Å². The molecule has 1 aliphatic rings. The van der Waals surface area contributed by atoms with Crippen LogP contribution in [0, 0.1) is 0 Å². The van der Waals surface area contributed by atoms with Gasteiger partial charge in [-0.1, -0.05) is 6.42 Å². The summed E-state index contributed by atoms with van der Waals surface area (Å²) >= 11 is 0. The first-order valence-electron chi connectivity index (χ1n) is 5.35. The van der Waals surface area contributed by atoms with Gasteiger partial charge < -0.3 is 10.6 Å². The second kappa shape index (κ2) is 4.93. The van der Waals surface area contributed by atoms with Crippen LogP contribution in [-0.4, -0.2) is 28.7 Å². The van der Waals surface area contributed by atoms with E-state index in [1.165, 1.54) is 6.42 Å². The summed E-state index contributed by atoms with van der Waals surface area (Å²) in [5.74, 6) is 0.0934. The predicted molar refractivity (Wildman–Crippen MR) is 56.1 cm³/mol. The molecule has 1 aromatic rings. The SMILES string of the molecule is O=C(NCc1cn[nH]c1)[C@H]1CCCCN1. The largest absolute Gasteiger partial charge is 0.351 e. The van der Waals surface area contributed by atoms with Crippen molar-refractivity contribution in [2.75, 3.05) is 6.54 Å². The molecule has 0 aromatic carbocycles. The fraction of sp³-hybridized carbons (Fsp3) is 0.600. The highest BCUT2D eigenvalue weighted by Crippen LogP contribution is 2.06. The summed E-state index contributed by atoms with van der Waals surface area (Å²) < 4.78 is 0. The van der Waals surface area contributed by atoms with E-state index < -0.39 is 0 Å². The first kappa shape index (κ1) is 10.2. The van der Waals surface area contributed by atoms with Crippen LogP contribution < -0.4 is 10.6 Å². The summed E-state index contributed by atoms with van der Waals surface area (Å²) in [4.78, 5) is 11.7. The molecule has 1 aliphatic heterocycles. The molecule has 82 valence electrons. The fourth-order valence-corrected chi connectivity index (χ4v) is 1.76. The molecule has 1 saturated heterocycles. The third-order valence-electron chi connectivity index (χ3n) is 2.65. The highest BCUT2D eigenvalue weighted by molar-refractivity contribution is 5.81. The van der Waals surface area contributed by atoms with E-state index >= 15 is 0 Å². The Bertz CT molecular complexity index is 303. The number of rotatable bonds is 3. The average molecular weight is 208 g/mol. The van der Waals surface area contributed by atoms with E-state index in [4.69, 9.17) is 0 Å². The number of H-pyrrole nitrogens is 1. The zero-order chi connectivity index (χ0) is 10.5. The molecule has 1 amide bonds. The van der Waals surface area contributed by atoms with Crippen molar-refractivity contribution in [3.8, 4) is 0 Å². The number of piperidine rings is 1. The van der Waals surface area contributed by atoms with E-state index in [9.17, 15) is 4.79 Å². The summed E-state index contributed by atoms with van der Waals surface area (Å²) in [6.07, 6.45) is 6.75. The molecule has 3 N–H and O–H groups in total. The lowest BCUT2D eigenvalue weighted by Gasteiger charge is -2.22. The maximum absolute atomic E-state index is 11.7. The molecule has 5 nitrogen and oxygen atoms in total. The lowest BCUT2D eigenvalue weighted by atomic mass is 10.0. The summed E-state index contributed by atoms with van der Waals surface area (Å²) in [6, 6.07) is -0.00866. The Hall–Kier alpha value is -1.36. The number of amides is 1. The van der Waals surface area contributed by atoms with Crippen molar-refractivity contribution in [1.82, 2.24) is 20.8 Å². The molecule has 0 unspecified atom stereocenters. The molecule has 5 heteroatoms. The van der Waals surface area contributed by atoms with Gasteiger partial charge in [0.05, 0.1) is 12.2 Å². The van der Waals surface area contributed by atoms with Crippen molar-refractivity contribution >= 4 is 5.91 Å². The topological polar surface area (TPSA) is 69.8 Å². The van der Waals surface area contributed by atoms with Crippen LogP contribution >= 0.6 is 0 Å². The minimum absolute atomic E-state index is 0.00866. The van der Waals surface area contributed by atoms with E-state index in [1.807, 2.05) is 0 Å². The summed E-state index contributed by atoms with van der Waals surface area (Å²) in [6.45, 7) is 1.50. The van der Waals surface area contributed by atoms with Crippen LogP contribution in [0.4, 0.5) is 0 Å². The van der Waals surface area contributed by atoms with Crippen LogP contribution in [0.1, 0.15) is 24.8 Å². The van der Waals surface area contributed by atoms with Gasteiger partial charge in [0.1, 0.15) is 0 Å². The Morgan fingerprint density at radius 2 is 2.53 bits per heavy atom. The van der Waals surface area contributed by atoms with Crippen molar-refractivity contribution in [3.63, 3.8) is 0 Å². The van der Waals surface area contributed by atoms with Crippen LogP contribution in [0.25, 0.3) is 0 Å². The first-order valence-corrected chi connectivity index (χ1v) is 5.35. The Morgan fingerprint density at radius 1 is 1.60 bits per heavy atom. The molecule has 1 atom stereocenters. The molecule has 0 spiro atoms. The van der Waals surface area contributed by atoms with Crippen molar-refractivity contribution in [1.29, 1.82) is 0 Å². The van der Waals surface area contributed by atoms with Gasteiger partial charge in [0.15, 0.2) is 0 Å². The van der Waals surface area contributed by atoms with Gasteiger partial charge in [-0.3, -0.25) is 9.89 Å². The molecular weight excluding hydrogens is 192 g/mol. The van der Waals surface area contributed by atoms with Gasteiger partial charge >= 0.3 is 0 Å². The first-order chi connectivity index (χ1) is 7.36. The zero-order valence-corrected chi connectivity index (χ0v) is 8.62. The monoisotopic (exact) mass is 208 g/mol. The normalized spacial score (nSPS) is 21.2. The van der Waals surface area contributed by atoms with Gasteiger partial charge in [-0.2, -0.15) is 5.10 Å². The summed E-state index contributed by atoms with van der Waals surface area (Å²) in [5, 5.41) is 12.6. The number of carbonyl (C=O) groups is 1. The van der Waals surface area contributed by atoms with E-state index in [2.05, 4.69) is 20.8 Å². The average Bonchev–Trinajstić information content (AvgIpc) is 2.80. The third-order valence-corrected chi connectivity index (χ3v) is 2.65. The highest BCUT2D eigenvalue weighted by Gasteiger charge is 2.19. The maximum atomic E-state index is 11.7. The number of carbonyl (C=O) groups excluding carboxylic acids is 1. The number of aromatic amines is 1. The van der Waals surface area contributed by atoms with E-state index in [-0.39, 0.29) is 11.9 Å². The Morgan fingerprint density at radius 3 is 3.20 bits per heavy atom. The highest BCUT2D eigenvalue weighted by atomic mass is 16.2. The van der Waals surface area contributed by atoms with E-state index in [0.717, 1.165) is 24.9 Å². The van der Waals surface area contributed by atoms with E-state index in [0.29, 0.717) is 6.54 Å². The van der Waals surface area contributed by atoms with Crippen molar-refractivity contribution in [2.24, 2.45) is 0 Å². The van der Waals surface area contributed by atoms with Gasteiger partial charge in [0.25, 0.3) is 0 Å². The van der Waals surface area contributed by atoms with Crippen LogP contribution in [0.2, 0.25) is 0 Å². The lowest BCUT2D eigenvalue weighted by molar-refractivity contribution is -0.123. The number of aromatic nitrogens is 2. The second-order valence-corrected chi connectivity index (χ2v) is 3.83. The quantitative estimate of drug-likeness (QED) is 0.663. The standard InChI is InChI=1S/C10H16N4O/c15-10(9-3-1-2-4-11-9)12-5-8-6-13-14-7-8/h6-7,9,11H,1-5H2,(H,12,15)(H,13,14)/t9-/m1/s1. The number of nitrogens with one attached hydrogen (secondary N) is 3. The molecule has 2 heterocycles. The Kier molecular flexibility index (Phi) is 3.34. The molecule has 1 fully saturated rings. The zero-order valence-electron chi connectivity index (χ0n) is 8.62. The number of hydrogen-bond acceptors (Lipinski definition) is 3. The van der Waals surface area contributed by atoms with Gasteiger partial charge in [0.2, 0.25) is 5.91 Å². The molecule has 2 rings (SSSR count). The van der Waals surface area contributed by atoms with Gasteiger partial charge in [-0.25, -0.2) is 0 Å². The molecule has 0 saturated carbocycles. The summed E-state index contributed by atoms with van der Waals surface area (Å²) in [5.41, 5.74) is 0.999.